The van der Waals surface area contributed by atoms with Gasteiger partial charge in [0.1, 0.15) is 11.5 Å². The summed E-state index contributed by atoms with van der Waals surface area (Å²) < 4.78 is 11.1. The highest BCUT2D eigenvalue weighted by molar-refractivity contribution is 6.00. The van der Waals surface area contributed by atoms with E-state index in [1.807, 2.05) is 6.92 Å². The van der Waals surface area contributed by atoms with Gasteiger partial charge in [-0.2, -0.15) is 0 Å². The van der Waals surface area contributed by atoms with Crippen LogP contribution in [-0.4, -0.2) is 61.4 Å². The van der Waals surface area contributed by atoms with Gasteiger partial charge in [-0.25, -0.2) is 0 Å². The minimum absolute atomic E-state index is 0.00560. The maximum atomic E-state index is 12.6. The van der Waals surface area contributed by atoms with Gasteiger partial charge in [-0.15, -0.1) is 0 Å². The summed E-state index contributed by atoms with van der Waals surface area (Å²) in [5.41, 5.74) is 0.737. The van der Waals surface area contributed by atoms with Gasteiger partial charge in [-0.3, -0.25) is 9.69 Å². The first-order chi connectivity index (χ1) is 10.7. The Morgan fingerprint density at radius 3 is 2.77 bits per heavy atom. The van der Waals surface area contributed by atoms with Crippen molar-refractivity contribution in [2.24, 2.45) is 0 Å². The van der Waals surface area contributed by atoms with Crippen LogP contribution in [-0.2, 0) is 9.53 Å². The molecule has 0 bridgehead atoms. The molecule has 1 atom stereocenters. The van der Waals surface area contributed by atoms with Crippen molar-refractivity contribution in [3.05, 3.63) is 18.2 Å². The minimum atomic E-state index is -0.473. The molecule has 0 saturated carbocycles. The smallest absolute Gasteiger partial charge is 0.268 e. The van der Waals surface area contributed by atoms with Crippen LogP contribution in [0, 0.1) is 0 Å². The first-order valence-electron chi connectivity index (χ1n) is 7.80. The number of ether oxygens (including phenoxy) is 2. The number of amides is 1. The summed E-state index contributed by atoms with van der Waals surface area (Å²) in [4.78, 5) is 16.7. The molecule has 22 heavy (non-hydrogen) atoms. The maximum absolute atomic E-state index is 12.6. The molecule has 1 N–H and O–H groups in total. The number of hydrogen-bond donors (Lipinski definition) is 1. The van der Waals surface area contributed by atoms with Gasteiger partial charge in [-0.1, -0.05) is 6.92 Å². The molecule has 0 aromatic heterocycles. The zero-order chi connectivity index (χ0) is 15.5. The van der Waals surface area contributed by atoms with Gasteiger partial charge in [-0.05, 0) is 18.6 Å². The van der Waals surface area contributed by atoms with Crippen molar-refractivity contribution in [2.45, 2.75) is 19.4 Å². The van der Waals surface area contributed by atoms with E-state index < -0.39 is 6.10 Å². The normalized spacial score (nSPS) is 22.3. The zero-order valence-corrected chi connectivity index (χ0v) is 12.8. The van der Waals surface area contributed by atoms with E-state index in [1.54, 1.807) is 23.1 Å². The number of anilines is 1. The van der Waals surface area contributed by atoms with Crippen LogP contribution in [0.5, 0.6) is 11.5 Å². The average Bonchev–Trinajstić information content (AvgIpc) is 2.54. The fraction of sp³-hybridized carbons (Fsp3) is 0.562. The monoisotopic (exact) mass is 306 g/mol. The number of phenols is 1. The van der Waals surface area contributed by atoms with Crippen molar-refractivity contribution in [1.82, 2.24) is 4.90 Å². The van der Waals surface area contributed by atoms with Crippen LogP contribution in [0.4, 0.5) is 5.69 Å². The first kappa shape index (κ1) is 15.1. The van der Waals surface area contributed by atoms with Gasteiger partial charge in [0, 0.05) is 32.2 Å². The average molecular weight is 306 g/mol. The zero-order valence-electron chi connectivity index (χ0n) is 12.8. The maximum Gasteiger partial charge on any atom is 0.268 e. The highest BCUT2D eigenvalue weighted by Crippen LogP contribution is 2.37. The summed E-state index contributed by atoms with van der Waals surface area (Å²) in [5.74, 6) is 0.721. The quantitative estimate of drug-likeness (QED) is 0.906. The lowest BCUT2D eigenvalue weighted by atomic mass is 10.1. The summed E-state index contributed by atoms with van der Waals surface area (Å²) in [7, 11) is 0. The van der Waals surface area contributed by atoms with Gasteiger partial charge in [0.25, 0.3) is 5.91 Å². The topological polar surface area (TPSA) is 62.2 Å². The Balaban J connectivity index is 1.77. The Morgan fingerprint density at radius 2 is 2.05 bits per heavy atom. The molecule has 1 saturated heterocycles. The standard InChI is InChI=1S/C16H22N2O4/c1-2-14-16(20)18(6-5-17-7-9-21-10-8-17)13-4-3-12(19)11-15(13)22-14/h3-4,11,14,19H,2,5-10H2,1H3. The molecule has 2 heterocycles. The lowest BCUT2D eigenvalue weighted by Crippen LogP contribution is -2.49. The van der Waals surface area contributed by atoms with Gasteiger partial charge < -0.3 is 19.5 Å². The summed E-state index contributed by atoms with van der Waals surface area (Å²) >= 11 is 0. The van der Waals surface area contributed by atoms with Gasteiger partial charge in [0.2, 0.25) is 0 Å². The van der Waals surface area contributed by atoms with Crippen molar-refractivity contribution in [1.29, 1.82) is 0 Å². The van der Waals surface area contributed by atoms with Gasteiger partial charge in [0.05, 0.1) is 18.9 Å². The predicted octanol–water partition coefficient (Wildman–Crippen LogP) is 1.23. The molecule has 0 spiro atoms. The summed E-state index contributed by atoms with van der Waals surface area (Å²) in [6.07, 6.45) is 0.140. The third-order valence-corrected chi connectivity index (χ3v) is 4.16. The van der Waals surface area contributed by atoms with Crippen molar-refractivity contribution in [3.63, 3.8) is 0 Å². The molecule has 6 nitrogen and oxygen atoms in total. The SMILES string of the molecule is CCC1Oc2cc(O)ccc2N(CCN2CCOCC2)C1=O. The second-order valence-electron chi connectivity index (χ2n) is 5.61. The summed E-state index contributed by atoms with van der Waals surface area (Å²) in [6.45, 7) is 6.66. The largest absolute Gasteiger partial charge is 0.508 e. The number of aromatic hydroxyl groups is 1. The third-order valence-electron chi connectivity index (χ3n) is 4.16. The first-order valence-corrected chi connectivity index (χ1v) is 7.80. The number of hydrogen-bond acceptors (Lipinski definition) is 5. The molecular weight excluding hydrogens is 284 g/mol. The molecule has 2 aliphatic rings. The van der Waals surface area contributed by atoms with Crippen LogP contribution < -0.4 is 9.64 Å². The molecule has 3 rings (SSSR count). The Hall–Kier alpha value is -1.79. The van der Waals surface area contributed by atoms with Crippen molar-refractivity contribution in [3.8, 4) is 11.5 Å². The molecule has 1 aromatic carbocycles. The number of morpholine rings is 1. The van der Waals surface area contributed by atoms with Crippen LogP contribution in [0.15, 0.2) is 18.2 Å². The van der Waals surface area contributed by atoms with Crippen LogP contribution in [0.25, 0.3) is 0 Å². The molecule has 1 unspecified atom stereocenters. The number of carbonyl (C=O) groups is 1. The van der Waals surface area contributed by atoms with E-state index in [-0.39, 0.29) is 11.7 Å². The van der Waals surface area contributed by atoms with E-state index in [0.717, 1.165) is 38.5 Å². The lowest BCUT2D eigenvalue weighted by Gasteiger charge is -2.36. The van der Waals surface area contributed by atoms with Crippen molar-refractivity contribution >= 4 is 11.6 Å². The molecule has 6 heteroatoms. The second-order valence-corrected chi connectivity index (χ2v) is 5.61. The van der Waals surface area contributed by atoms with E-state index >= 15 is 0 Å². The van der Waals surface area contributed by atoms with Crippen LogP contribution in [0.3, 0.4) is 0 Å². The molecule has 120 valence electrons. The van der Waals surface area contributed by atoms with E-state index in [4.69, 9.17) is 9.47 Å². The number of carbonyl (C=O) groups excluding carboxylic acids is 1. The number of benzene rings is 1. The van der Waals surface area contributed by atoms with Crippen molar-refractivity contribution in [2.75, 3.05) is 44.3 Å². The predicted molar refractivity (Wildman–Crippen MR) is 82.4 cm³/mol. The number of nitrogens with zero attached hydrogens (tertiary/aromatic N) is 2. The molecular formula is C16H22N2O4. The minimum Gasteiger partial charge on any atom is -0.508 e. The van der Waals surface area contributed by atoms with Crippen LogP contribution in [0.1, 0.15) is 13.3 Å². The number of rotatable bonds is 4. The number of fused-ring (bicyclic) bond motifs is 1. The van der Waals surface area contributed by atoms with Gasteiger partial charge >= 0.3 is 0 Å². The van der Waals surface area contributed by atoms with E-state index in [9.17, 15) is 9.90 Å². The van der Waals surface area contributed by atoms with Gasteiger partial charge in [0.15, 0.2) is 6.10 Å². The van der Waals surface area contributed by atoms with Crippen LogP contribution in [0.2, 0.25) is 0 Å². The van der Waals surface area contributed by atoms with Crippen molar-refractivity contribution < 1.29 is 19.4 Å². The van der Waals surface area contributed by atoms with E-state index in [0.29, 0.717) is 18.7 Å². The Morgan fingerprint density at radius 1 is 1.27 bits per heavy atom. The van der Waals surface area contributed by atoms with E-state index in [1.165, 1.54) is 0 Å². The molecule has 2 aliphatic heterocycles. The molecule has 1 amide bonds. The fourth-order valence-electron chi connectivity index (χ4n) is 2.87. The Labute approximate surface area is 130 Å². The Kier molecular flexibility index (Phi) is 4.49. The molecule has 1 fully saturated rings. The highest BCUT2D eigenvalue weighted by Gasteiger charge is 2.33. The Bertz CT molecular complexity index is 543. The van der Waals surface area contributed by atoms with E-state index in [2.05, 4.69) is 4.90 Å². The molecule has 0 radical (unpaired) electrons. The molecule has 0 aliphatic carbocycles. The van der Waals surface area contributed by atoms with Crippen LogP contribution >= 0.6 is 0 Å². The fourth-order valence-corrected chi connectivity index (χ4v) is 2.87. The summed E-state index contributed by atoms with van der Waals surface area (Å²) in [6, 6.07) is 4.91. The summed E-state index contributed by atoms with van der Waals surface area (Å²) in [5, 5.41) is 9.63. The third kappa shape index (κ3) is 3.03. The number of phenolic OH excluding ortho intramolecular Hbond substituents is 1. The lowest BCUT2D eigenvalue weighted by molar-refractivity contribution is -0.126. The second kappa shape index (κ2) is 6.54. The molecule has 1 aromatic rings. The highest BCUT2D eigenvalue weighted by atomic mass is 16.5.